The van der Waals surface area contributed by atoms with Crippen LogP contribution >= 0.6 is 12.4 Å². The maximum Gasteiger partial charge on any atom is 0.255 e. The average Bonchev–Trinajstić information content (AvgIpc) is 2.16. The minimum atomic E-state index is -0.525. The maximum absolute atomic E-state index is 10.4. The van der Waals surface area contributed by atoms with Crippen LogP contribution in [0.3, 0.4) is 0 Å². The van der Waals surface area contributed by atoms with Gasteiger partial charge in [0.1, 0.15) is 5.75 Å². The normalized spacial score (nSPS) is 8.75. The van der Waals surface area contributed by atoms with Crippen LogP contribution in [-0.2, 0) is 4.79 Å². The molecule has 7 heteroatoms. The molecule has 0 saturated carbocycles. The summed E-state index contributed by atoms with van der Waals surface area (Å²) in [5.74, 6) is -0.00699. The highest BCUT2D eigenvalue weighted by Crippen LogP contribution is 2.17. The Kier molecular flexibility index (Phi) is 5.72. The summed E-state index contributed by atoms with van der Waals surface area (Å²) >= 11 is 0. The summed E-state index contributed by atoms with van der Waals surface area (Å²) in [5.41, 5.74) is 15.9. The molecule has 1 amide bonds. The van der Waals surface area contributed by atoms with E-state index in [0.29, 0.717) is 11.4 Å². The molecular formula is C9H13ClN4O2. The van der Waals surface area contributed by atoms with E-state index in [1.807, 2.05) is 0 Å². The van der Waals surface area contributed by atoms with Crippen molar-refractivity contribution in [3.05, 3.63) is 24.3 Å². The van der Waals surface area contributed by atoms with Gasteiger partial charge in [0.2, 0.25) is 0 Å². The number of hydrogen-bond acceptors (Lipinski definition) is 3. The number of halogens is 1. The summed E-state index contributed by atoms with van der Waals surface area (Å²) in [6, 6.07) is 6.61. The van der Waals surface area contributed by atoms with Gasteiger partial charge in [-0.25, -0.2) is 4.99 Å². The van der Waals surface area contributed by atoms with Crippen molar-refractivity contribution in [2.75, 3.05) is 6.61 Å². The van der Waals surface area contributed by atoms with Gasteiger partial charge in [0, 0.05) is 0 Å². The van der Waals surface area contributed by atoms with Crippen LogP contribution < -0.4 is 21.9 Å². The zero-order chi connectivity index (χ0) is 11.3. The predicted molar refractivity (Wildman–Crippen MR) is 63.8 cm³/mol. The number of hydrogen-bond donors (Lipinski definition) is 3. The minimum Gasteiger partial charge on any atom is -0.484 e. The molecule has 0 radical (unpaired) electrons. The number of nitrogens with two attached hydrogens (primary N) is 3. The molecule has 88 valence electrons. The molecule has 0 heterocycles. The van der Waals surface area contributed by atoms with Gasteiger partial charge < -0.3 is 21.9 Å². The second-order valence-corrected chi connectivity index (χ2v) is 2.79. The van der Waals surface area contributed by atoms with Crippen molar-refractivity contribution < 1.29 is 9.53 Å². The van der Waals surface area contributed by atoms with Crippen molar-refractivity contribution in [2.45, 2.75) is 0 Å². The number of aliphatic imine (C=N–C) groups is 1. The summed E-state index contributed by atoms with van der Waals surface area (Å²) < 4.78 is 5.04. The fourth-order valence-electron chi connectivity index (χ4n) is 0.920. The van der Waals surface area contributed by atoms with E-state index >= 15 is 0 Å². The number of amides is 1. The van der Waals surface area contributed by atoms with Crippen molar-refractivity contribution in [3.63, 3.8) is 0 Å². The van der Waals surface area contributed by atoms with Crippen molar-refractivity contribution in [1.82, 2.24) is 0 Å². The Hall–Kier alpha value is -1.95. The zero-order valence-electron chi connectivity index (χ0n) is 8.42. The Morgan fingerprint density at radius 2 is 1.75 bits per heavy atom. The molecule has 0 unspecified atom stereocenters. The van der Waals surface area contributed by atoms with Gasteiger partial charge in [-0.05, 0) is 24.3 Å². The number of rotatable bonds is 4. The Morgan fingerprint density at radius 3 is 2.19 bits per heavy atom. The number of primary amides is 1. The lowest BCUT2D eigenvalue weighted by Gasteiger charge is -2.03. The van der Waals surface area contributed by atoms with Crippen LogP contribution in [0.1, 0.15) is 0 Å². The van der Waals surface area contributed by atoms with E-state index in [1.165, 1.54) is 0 Å². The Labute approximate surface area is 98.9 Å². The molecule has 1 aromatic rings. The Balaban J connectivity index is 0.00000225. The first-order valence-corrected chi connectivity index (χ1v) is 4.19. The molecule has 16 heavy (non-hydrogen) atoms. The summed E-state index contributed by atoms with van der Waals surface area (Å²) in [5, 5.41) is 0. The molecule has 0 aliphatic rings. The molecular weight excluding hydrogens is 232 g/mol. The van der Waals surface area contributed by atoms with Gasteiger partial charge in [-0.1, -0.05) is 0 Å². The maximum atomic E-state index is 10.4. The smallest absolute Gasteiger partial charge is 0.255 e. The van der Waals surface area contributed by atoms with Gasteiger partial charge in [0.25, 0.3) is 5.91 Å². The van der Waals surface area contributed by atoms with Crippen LogP contribution in [-0.4, -0.2) is 18.5 Å². The van der Waals surface area contributed by atoms with Crippen molar-refractivity contribution in [2.24, 2.45) is 22.2 Å². The van der Waals surface area contributed by atoms with E-state index in [1.54, 1.807) is 24.3 Å². The molecule has 6 N–H and O–H groups in total. The Bertz CT molecular complexity index is 374. The van der Waals surface area contributed by atoms with E-state index in [0.717, 1.165) is 0 Å². The SMILES string of the molecule is Cl.NC(=O)COc1ccc(N=C(N)N)cc1. The molecule has 1 aromatic carbocycles. The van der Waals surface area contributed by atoms with Gasteiger partial charge in [0.05, 0.1) is 5.69 Å². The van der Waals surface area contributed by atoms with Crippen LogP contribution in [0.25, 0.3) is 0 Å². The van der Waals surface area contributed by atoms with E-state index < -0.39 is 5.91 Å². The highest BCUT2D eigenvalue weighted by Gasteiger charge is 1.97. The molecule has 0 atom stereocenters. The largest absolute Gasteiger partial charge is 0.484 e. The first-order chi connectivity index (χ1) is 7.08. The lowest BCUT2D eigenvalue weighted by molar-refractivity contribution is -0.119. The van der Waals surface area contributed by atoms with Crippen LogP contribution in [0.2, 0.25) is 0 Å². The number of nitrogens with zero attached hydrogens (tertiary/aromatic N) is 1. The van der Waals surface area contributed by atoms with Gasteiger partial charge in [0.15, 0.2) is 12.6 Å². The number of guanidine groups is 1. The third kappa shape index (κ3) is 5.06. The number of benzene rings is 1. The molecule has 0 spiro atoms. The quantitative estimate of drug-likeness (QED) is 0.505. The molecule has 6 nitrogen and oxygen atoms in total. The van der Waals surface area contributed by atoms with Crippen LogP contribution in [0.4, 0.5) is 5.69 Å². The molecule has 0 bridgehead atoms. The number of ether oxygens (including phenoxy) is 1. The molecule has 0 saturated heterocycles. The first kappa shape index (κ1) is 14.1. The average molecular weight is 245 g/mol. The number of carbonyl (C=O) groups excluding carboxylic acids is 1. The van der Waals surface area contributed by atoms with Crippen molar-refractivity contribution >= 4 is 30.0 Å². The summed E-state index contributed by atoms with van der Waals surface area (Å²) in [6.45, 7) is -0.151. The molecule has 0 aromatic heterocycles. The van der Waals surface area contributed by atoms with Gasteiger partial charge >= 0.3 is 0 Å². The van der Waals surface area contributed by atoms with Crippen LogP contribution in [0.5, 0.6) is 5.75 Å². The summed E-state index contributed by atoms with van der Waals surface area (Å²) in [4.78, 5) is 14.2. The highest BCUT2D eigenvalue weighted by molar-refractivity contribution is 5.85. The highest BCUT2D eigenvalue weighted by atomic mass is 35.5. The van der Waals surface area contributed by atoms with E-state index in [9.17, 15) is 4.79 Å². The summed E-state index contributed by atoms with van der Waals surface area (Å²) in [6.07, 6.45) is 0. The van der Waals surface area contributed by atoms with E-state index in [4.69, 9.17) is 21.9 Å². The monoisotopic (exact) mass is 244 g/mol. The molecule has 0 aliphatic heterocycles. The topological polar surface area (TPSA) is 117 Å². The minimum absolute atomic E-state index is 0. The van der Waals surface area contributed by atoms with Gasteiger partial charge in [-0.2, -0.15) is 0 Å². The Morgan fingerprint density at radius 1 is 1.19 bits per heavy atom. The third-order valence-corrected chi connectivity index (χ3v) is 1.48. The second kappa shape index (κ2) is 6.52. The lowest BCUT2D eigenvalue weighted by atomic mass is 10.3. The van der Waals surface area contributed by atoms with Crippen LogP contribution in [0, 0.1) is 0 Å². The first-order valence-electron chi connectivity index (χ1n) is 4.19. The van der Waals surface area contributed by atoms with Crippen molar-refractivity contribution in [1.29, 1.82) is 0 Å². The predicted octanol–water partition coefficient (Wildman–Crippen LogP) is -0.123. The fraction of sp³-hybridized carbons (Fsp3) is 0.111. The molecule has 0 aliphatic carbocycles. The zero-order valence-corrected chi connectivity index (χ0v) is 9.24. The van der Waals surface area contributed by atoms with E-state index in [2.05, 4.69) is 4.99 Å². The molecule has 1 rings (SSSR count). The third-order valence-electron chi connectivity index (χ3n) is 1.48. The van der Waals surface area contributed by atoms with Gasteiger partial charge in [-0.15, -0.1) is 12.4 Å². The lowest BCUT2D eigenvalue weighted by Crippen LogP contribution is -2.21. The summed E-state index contributed by atoms with van der Waals surface area (Å²) in [7, 11) is 0. The van der Waals surface area contributed by atoms with Crippen LogP contribution in [0.15, 0.2) is 29.3 Å². The second-order valence-electron chi connectivity index (χ2n) is 2.79. The van der Waals surface area contributed by atoms with E-state index in [-0.39, 0.29) is 25.0 Å². The standard InChI is InChI=1S/C9H12N4O2.ClH/c10-8(14)5-15-7-3-1-6(2-4-7)13-9(11)12;/h1-4H,5H2,(H2,10,14)(H4,11,12,13);1H. The number of carbonyl (C=O) groups is 1. The fourth-order valence-corrected chi connectivity index (χ4v) is 0.920. The van der Waals surface area contributed by atoms with Gasteiger partial charge in [-0.3, -0.25) is 4.79 Å². The van der Waals surface area contributed by atoms with Crippen molar-refractivity contribution in [3.8, 4) is 5.75 Å². The molecule has 0 fully saturated rings.